The van der Waals surface area contributed by atoms with Gasteiger partial charge in [0.15, 0.2) is 5.78 Å². The number of amides is 3. The third-order valence-electron chi connectivity index (χ3n) is 5.22. The van der Waals surface area contributed by atoms with Crippen LogP contribution in [0.4, 0.5) is 18.0 Å². The second-order valence-corrected chi connectivity index (χ2v) is 7.02. The van der Waals surface area contributed by atoms with Gasteiger partial charge in [-0.05, 0) is 32.8 Å². The first-order valence-corrected chi connectivity index (χ1v) is 8.45. The van der Waals surface area contributed by atoms with Crippen molar-refractivity contribution < 1.29 is 27.6 Å². The predicted molar refractivity (Wildman–Crippen MR) is 85.7 cm³/mol. The van der Waals surface area contributed by atoms with E-state index in [0.717, 1.165) is 22.3 Å². The fourth-order valence-corrected chi connectivity index (χ4v) is 3.87. The van der Waals surface area contributed by atoms with Crippen molar-refractivity contribution in [3.63, 3.8) is 0 Å². The molecule has 1 saturated carbocycles. The SMILES string of the molecule is Cc1cc(C(=O)CN2C(=O)NC3(CCCC3)C2=O)c(C)n1CC(F)(F)F. The average molecular weight is 371 g/mol. The van der Waals surface area contributed by atoms with Crippen LogP contribution in [0.2, 0.25) is 0 Å². The molecule has 1 saturated heterocycles. The lowest BCUT2D eigenvalue weighted by Gasteiger charge is -2.19. The molecule has 9 heteroatoms. The number of aromatic nitrogens is 1. The minimum absolute atomic E-state index is 0.0970. The Kier molecular flexibility index (Phi) is 4.36. The van der Waals surface area contributed by atoms with Gasteiger partial charge >= 0.3 is 12.2 Å². The second-order valence-electron chi connectivity index (χ2n) is 7.02. The predicted octanol–water partition coefficient (Wildman–Crippen LogP) is 2.71. The maximum Gasteiger partial charge on any atom is 0.406 e. The third-order valence-corrected chi connectivity index (χ3v) is 5.22. The van der Waals surface area contributed by atoms with E-state index in [2.05, 4.69) is 5.32 Å². The fraction of sp³-hybridized carbons (Fsp3) is 0.588. The van der Waals surface area contributed by atoms with Crippen molar-refractivity contribution in [3.05, 3.63) is 23.0 Å². The molecule has 2 heterocycles. The number of nitrogens with one attached hydrogen (secondary N) is 1. The molecule has 1 aliphatic heterocycles. The molecule has 0 bridgehead atoms. The number of alkyl halides is 3. The largest absolute Gasteiger partial charge is 0.406 e. The zero-order valence-electron chi connectivity index (χ0n) is 14.6. The van der Waals surface area contributed by atoms with E-state index < -0.39 is 42.5 Å². The summed E-state index contributed by atoms with van der Waals surface area (Å²) in [7, 11) is 0. The van der Waals surface area contributed by atoms with E-state index in [1.807, 2.05) is 0 Å². The smallest absolute Gasteiger partial charge is 0.339 e. The standard InChI is InChI=1S/C17H20F3N3O3/c1-10-7-12(11(2)23(10)9-17(18,19)20)13(24)8-22-14(25)16(21-15(22)26)5-3-4-6-16/h7H,3-6,8-9H2,1-2H3,(H,21,26). The summed E-state index contributed by atoms with van der Waals surface area (Å²) in [6.45, 7) is 1.25. The van der Waals surface area contributed by atoms with E-state index in [0.29, 0.717) is 18.5 Å². The number of rotatable bonds is 4. The summed E-state index contributed by atoms with van der Waals surface area (Å²) >= 11 is 0. The maximum absolute atomic E-state index is 12.7. The second kappa shape index (κ2) is 6.14. The van der Waals surface area contributed by atoms with Gasteiger partial charge in [0.05, 0.1) is 6.54 Å². The molecular formula is C17H20F3N3O3. The van der Waals surface area contributed by atoms with Crippen LogP contribution < -0.4 is 5.32 Å². The summed E-state index contributed by atoms with van der Waals surface area (Å²) in [6, 6.07) is 0.752. The van der Waals surface area contributed by atoms with Crippen molar-refractivity contribution in [2.24, 2.45) is 0 Å². The van der Waals surface area contributed by atoms with Gasteiger partial charge in [0.25, 0.3) is 5.91 Å². The Balaban J connectivity index is 1.80. The van der Waals surface area contributed by atoms with E-state index >= 15 is 0 Å². The van der Waals surface area contributed by atoms with Gasteiger partial charge in [0, 0.05) is 17.0 Å². The number of ketones is 1. The summed E-state index contributed by atoms with van der Waals surface area (Å²) in [6.07, 6.45) is -1.67. The molecule has 2 fully saturated rings. The van der Waals surface area contributed by atoms with Crippen LogP contribution >= 0.6 is 0 Å². The highest BCUT2D eigenvalue weighted by Crippen LogP contribution is 2.35. The topological polar surface area (TPSA) is 71.4 Å². The Morgan fingerprint density at radius 1 is 1.23 bits per heavy atom. The minimum atomic E-state index is -4.41. The molecule has 0 radical (unpaired) electrons. The Labute approximate surface area is 148 Å². The van der Waals surface area contributed by atoms with Crippen molar-refractivity contribution in [3.8, 4) is 0 Å². The molecule has 1 aromatic heterocycles. The molecule has 1 N–H and O–H groups in total. The van der Waals surface area contributed by atoms with Crippen molar-refractivity contribution in [2.45, 2.75) is 57.8 Å². The van der Waals surface area contributed by atoms with Crippen molar-refractivity contribution >= 4 is 17.7 Å². The molecule has 0 atom stereocenters. The number of nitrogens with zero attached hydrogens (tertiary/aromatic N) is 2. The summed E-state index contributed by atoms with van der Waals surface area (Å²) < 4.78 is 39.1. The van der Waals surface area contributed by atoms with E-state index in [-0.39, 0.29) is 11.3 Å². The van der Waals surface area contributed by atoms with Crippen LogP contribution in [-0.4, -0.2) is 45.4 Å². The number of Topliss-reactive ketones (excluding diaryl/α,β-unsaturated/α-hetero) is 1. The van der Waals surface area contributed by atoms with Gasteiger partial charge in [-0.2, -0.15) is 13.2 Å². The molecule has 0 unspecified atom stereocenters. The number of carbonyl (C=O) groups excluding carboxylic acids is 3. The maximum atomic E-state index is 12.7. The molecule has 2 aliphatic rings. The van der Waals surface area contributed by atoms with Crippen LogP contribution in [0.3, 0.4) is 0 Å². The van der Waals surface area contributed by atoms with Crippen LogP contribution in [0.1, 0.15) is 47.4 Å². The zero-order valence-corrected chi connectivity index (χ0v) is 14.6. The molecule has 1 aromatic rings. The summed E-state index contributed by atoms with van der Waals surface area (Å²) in [4.78, 5) is 38.2. The first kappa shape index (κ1) is 18.5. The van der Waals surface area contributed by atoms with Crippen LogP contribution in [0.5, 0.6) is 0 Å². The van der Waals surface area contributed by atoms with Gasteiger partial charge in [-0.3, -0.25) is 14.5 Å². The highest BCUT2D eigenvalue weighted by Gasteiger charge is 2.52. The number of carbonyl (C=O) groups is 3. The van der Waals surface area contributed by atoms with Gasteiger partial charge in [-0.15, -0.1) is 0 Å². The molecule has 1 aliphatic carbocycles. The first-order valence-electron chi connectivity index (χ1n) is 8.45. The average Bonchev–Trinajstić information content (AvgIpc) is 3.17. The molecule has 0 aromatic carbocycles. The van der Waals surface area contributed by atoms with E-state index in [9.17, 15) is 27.6 Å². The highest BCUT2D eigenvalue weighted by atomic mass is 19.4. The quantitative estimate of drug-likeness (QED) is 0.653. The van der Waals surface area contributed by atoms with Gasteiger partial charge in [-0.25, -0.2) is 4.79 Å². The molecule has 6 nitrogen and oxygen atoms in total. The van der Waals surface area contributed by atoms with Crippen molar-refractivity contribution in [1.82, 2.24) is 14.8 Å². The lowest BCUT2D eigenvalue weighted by atomic mass is 9.98. The van der Waals surface area contributed by atoms with Gasteiger partial charge in [0.2, 0.25) is 0 Å². The number of imide groups is 1. The highest BCUT2D eigenvalue weighted by molar-refractivity contribution is 6.11. The Hall–Kier alpha value is -2.32. The molecule has 3 amide bonds. The molecule has 142 valence electrons. The number of urea groups is 1. The number of hydrogen-bond acceptors (Lipinski definition) is 3. The Morgan fingerprint density at radius 3 is 2.42 bits per heavy atom. The lowest BCUT2D eigenvalue weighted by Crippen LogP contribution is -2.44. The first-order chi connectivity index (χ1) is 12.0. The zero-order chi connectivity index (χ0) is 19.3. The summed E-state index contributed by atoms with van der Waals surface area (Å²) in [5.74, 6) is -0.970. The molecular weight excluding hydrogens is 351 g/mol. The van der Waals surface area contributed by atoms with Crippen LogP contribution in [0.25, 0.3) is 0 Å². The van der Waals surface area contributed by atoms with Crippen LogP contribution in [0, 0.1) is 13.8 Å². The van der Waals surface area contributed by atoms with Crippen LogP contribution in [-0.2, 0) is 11.3 Å². The number of halogens is 3. The van der Waals surface area contributed by atoms with Crippen molar-refractivity contribution in [1.29, 1.82) is 0 Å². The molecule has 1 spiro atoms. The van der Waals surface area contributed by atoms with Crippen LogP contribution in [0.15, 0.2) is 6.07 Å². The lowest BCUT2D eigenvalue weighted by molar-refractivity contribution is -0.141. The van der Waals surface area contributed by atoms with Gasteiger partial charge in [-0.1, -0.05) is 12.8 Å². The molecule has 26 heavy (non-hydrogen) atoms. The minimum Gasteiger partial charge on any atom is -0.339 e. The Morgan fingerprint density at radius 2 is 1.85 bits per heavy atom. The summed E-state index contributed by atoms with van der Waals surface area (Å²) in [5, 5.41) is 2.68. The summed E-state index contributed by atoms with van der Waals surface area (Å²) in [5.41, 5.74) is -0.343. The molecule has 3 rings (SSSR count). The van der Waals surface area contributed by atoms with Gasteiger partial charge in [0.1, 0.15) is 12.1 Å². The third kappa shape index (κ3) is 3.10. The van der Waals surface area contributed by atoms with E-state index in [4.69, 9.17) is 0 Å². The Bertz CT molecular complexity index is 776. The van der Waals surface area contributed by atoms with E-state index in [1.165, 1.54) is 19.9 Å². The van der Waals surface area contributed by atoms with Gasteiger partial charge < -0.3 is 9.88 Å². The fourth-order valence-electron chi connectivity index (χ4n) is 3.87. The number of hydrogen-bond donors (Lipinski definition) is 1. The van der Waals surface area contributed by atoms with Crippen molar-refractivity contribution in [2.75, 3.05) is 6.54 Å². The monoisotopic (exact) mass is 371 g/mol. The number of aryl methyl sites for hydroxylation is 1. The van der Waals surface area contributed by atoms with E-state index in [1.54, 1.807) is 0 Å². The normalized spacial score (nSPS) is 19.5.